The smallest absolute Gasteiger partial charge is 0.253 e. The molecule has 32 heavy (non-hydrogen) atoms. The minimum Gasteiger partial charge on any atom is -0.374 e. The lowest BCUT2D eigenvalue weighted by molar-refractivity contribution is -0.131. The fourth-order valence-corrected chi connectivity index (χ4v) is 4.85. The van der Waals surface area contributed by atoms with E-state index in [9.17, 15) is 9.59 Å². The number of hydrogen-bond acceptors (Lipinski definition) is 4. The van der Waals surface area contributed by atoms with Gasteiger partial charge in [-0.25, -0.2) is 0 Å². The van der Waals surface area contributed by atoms with Gasteiger partial charge in [0.25, 0.3) is 5.91 Å². The molecule has 1 aliphatic heterocycles. The first-order valence-corrected chi connectivity index (χ1v) is 11.9. The molecule has 2 aliphatic rings. The molecule has 1 saturated carbocycles. The number of piperazine rings is 1. The van der Waals surface area contributed by atoms with Crippen LogP contribution in [-0.2, 0) is 11.2 Å². The molecule has 0 atom stereocenters. The summed E-state index contributed by atoms with van der Waals surface area (Å²) < 4.78 is 0. The van der Waals surface area contributed by atoms with Gasteiger partial charge in [-0.1, -0.05) is 25.3 Å². The zero-order valence-electron chi connectivity index (χ0n) is 19.1. The summed E-state index contributed by atoms with van der Waals surface area (Å²) in [6.45, 7) is 3.38. The molecule has 1 aliphatic carbocycles. The molecular formula is C26H34N4O2. The van der Waals surface area contributed by atoms with Crippen LogP contribution in [0.3, 0.4) is 0 Å². The first-order valence-electron chi connectivity index (χ1n) is 11.9. The van der Waals surface area contributed by atoms with E-state index in [1.807, 2.05) is 34.1 Å². The second kappa shape index (κ2) is 10.6. The Bertz CT molecular complexity index is 886. The molecule has 0 spiro atoms. The number of carbonyl (C=O) groups excluding carboxylic acids is 2. The number of amides is 2. The molecule has 2 aromatic rings. The van der Waals surface area contributed by atoms with E-state index in [0.29, 0.717) is 32.6 Å². The fourth-order valence-electron chi connectivity index (χ4n) is 4.85. The molecule has 0 bridgehead atoms. The molecule has 1 aromatic heterocycles. The van der Waals surface area contributed by atoms with Gasteiger partial charge >= 0.3 is 0 Å². The Morgan fingerprint density at radius 1 is 0.969 bits per heavy atom. The van der Waals surface area contributed by atoms with Crippen molar-refractivity contribution in [2.24, 2.45) is 5.92 Å². The molecule has 1 aromatic carbocycles. The van der Waals surface area contributed by atoms with Crippen molar-refractivity contribution >= 4 is 17.5 Å². The lowest BCUT2D eigenvalue weighted by atomic mass is 9.89. The Morgan fingerprint density at radius 3 is 2.31 bits per heavy atom. The fraction of sp³-hybridized carbons (Fsp3) is 0.500. The van der Waals surface area contributed by atoms with Gasteiger partial charge in [0.2, 0.25) is 5.91 Å². The van der Waals surface area contributed by atoms with Crippen LogP contribution in [-0.4, -0.2) is 66.4 Å². The van der Waals surface area contributed by atoms with Crippen molar-refractivity contribution in [3.63, 3.8) is 0 Å². The van der Waals surface area contributed by atoms with E-state index >= 15 is 0 Å². The zero-order chi connectivity index (χ0) is 22.3. The monoisotopic (exact) mass is 434 g/mol. The molecule has 2 amide bonds. The summed E-state index contributed by atoms with van der Waals surface area (Å²) in [4.78, 5) is 35.6. The molecule has 6 nitrogen and oxygen atoms in total. The summed E-state index contributed by atoms with van der Waals surface area (Å²) in [7, 11) is 2.15. The van der Waals surface area contributed by atoms with Crippen LogP contribution >= 0.6 is 0 Å². The van der Waals surface area contributed by atoms with Crippen molar-refractivity contribution in [2.45, 2.75) is 38.5 Å². The van der Waals surface area contributed by atoms with Crippen LogP contribution in [0.5, 0.6) is 0 Å². The molecule has 1 saturated heterocycles. The van der Waals surface area contributed by atoms with Gasteiger partial charge < -0.3 is 14.7 Å². The first-order chi connectivity index (χ1) is 15.6. The third kappa shape index (κ3) is 5.67. The van der Waals surface area contributed by atoms with Gasteiger partial charge in [0.05, 0.1) is 6.42 Å². The number of nitrogens with zero attached hydrogens (tertiary/aromatic N) is 4. The quantitative estimate of drug-likeness (QED) is 0.697. The molecular weight excluding hydrogens is 400 g/mol. The average molecular weight is 435 g/mol. The van der Waals surface area contributed by atoms with Crippen LogP contribution in [0, 0.1) is 5.92 Å². The molecule has 2 fully saturated rings. The Hall–Kier alpha value is -2.89. The zero-order valence-corrected chi connectivity index (χ0v) is 19.1. The van der Waals surface area contributed by atoms with E-state index in [0.717, 1.165) is 29.3 Å². The van der Waals surface area contributed by atoms with Crippen molar-refractivity contribution < 1.29 is 9.59 Å². The predicted molar refractivity (Wildman–Crippen MR) is 127 cm³/mol. The summed E-state index contributed by atoms with van der Waals surface area (Å²) >= 11 is 0. The van der Waals surface area contributed by atoms with Gasteiger partial charge in [-0.15, -0.1) is 0 Å². The summed E-state index contributed by atoms with van der Waals surface area (Å²) in [6.07, 6.45) is 10.5. The minimum absolute atomic E-state index is 0.0471. The Labute approximate surface area is 191 Å². The van der Waals surface area contributed by atoms with Gasteiger partial charge in [0, 0.05) is 63.4 Å². The van der Waals surface area contributed by atoms with Crippen LogP contribution in [0.2, 0.25) is 0 Å². The topological polar surface area (TPSA) is 56.8 Å². The lowest BCUT2D eigenvalue weighted by Gasteiger charge is -2.35. The standard InChI is InChI=1S/C26H34N4O2/c1-28(20-21-6-3-2-4-7-21)24-11-9-23(10-12-24)26(32)30-16-14-29(15-17-30)25(31)18-22-8-5-13-27-19-22/h5,8-13,19,21H,2-4,6-7,14-18,20H2,1H3. The normalized spacial score (nSPS) is 17.3. The van der Waals surface area contributed by atoms with E-state index in [1.165, 1.54) is 32.1 Å². The number of hydrogen-bond donors (Lipinski definition) is 0. The summed E-state index contributed by atoms with van der Waals surface area (Å²) in [5.74, 6) is 0.925. The van der Waals surface area contributed by atoms with Crippen LogP contribution in [0.1, 0.15) is 48.0 Å². The van der Waals surface area contributed by atoms with Gasteiger partial charge in [-0.05, 0) is 54.7 Å². The summed E-state index contributed by atoms with van der Waals surface area (Å²) in [5.41, 5.74) is 2.80. The number of benzene rings is 1. The first kappa shape index (κ1) is 22.3. The van der Waals surface area contributed by atoms with E-state index < -0.39 is 0 Å². The van der Waals surface area contributed by atoms with Crippen molar-refractivity contribution in [3.05, 3.63) is 59.9 Å². The van der Waals surface area contributed by atoms with Crippen LogP contribution in [0.4, 0.5) is 5.69 Å². The molecule has 0 unspecified atom stereocenters. The molecule has 6 heteroatoms. The third-order valence-electron chi connectivity index (χ3n) is 6.81. The second-order valence-corrected chi connectivity index (χ2v) is 9.14. The predicted octanol–water partition coefficient (Wildman–Crippen LogP) is 3.63. The number of anilines is 1. The highest BCUT2D eigenvalue weighted by Gasteiger charge is 2.25. The number of pyridine rings is 1. The highest BCUT2D eigenvalue weighted by Crippen LogP contribution is 2.26. The average Bonchev–Trinajstić information content (AvgIpc) is 2.85. The van der Waals surface area contributed by atoms with Gasteiger partial charge in [-0.2, -0.15) is 0 Å². The van der Waals surface area contributed by atoms with Gasteiger partial charge in [0.1, 0.15) is 0 Å². The minimum atomic E-state index is 0.0471. The highest BCUT2D eigenvalue weighted by molar-refractivity contribution is 5.94. The van der Waals surface area contributed by atoms with E-state index in [4.69, 9.17) is 0 Å². The number of rotatable bonds is 6. The van der Waals surface area contributed by atoms with Gasteiger partial charge in [-0.3, -0.25) is 14.6 Å². The third-order valence-corrected chi connectivity index (χ3v) is 6.81. The number of aromatic nitrogens is 1. The van der Waals surface area contributed by atoms with Crippen molar-refractivity contribution in [2.75, 3.05) is 44.7 Å². The van der Waals surface area contributed by atoms with Crippen molar-refractivity contribution in [3.8, 4) is 0 Å². The Kier molecular flexibility index (Phi) is 7.40. The van der Waals surface area contributed by atoms with Crippen LogP contribution in [0.25, 0.3) is 0 Å². The Morgan fingerprint density at radius 2 is 1.66 bits per heavy atom. The Balaban J connectivity index is 1.27. The van der Waals surface area contributed by atoms with Crippen molar-refractivity contribution in [1.29, 1.82) is 0 Å². The van der Waals surface area contributed by atoms with Crippen LogP contribution in [0.15, 0.2) is 48.8 Å². The second-order valence-electron chi connectivity index (χ2n) is 9.14. The molecule has 4 rings (SSSR count). The maximum absolute atomic E-state index is 13.0. The van der Waals surface area contributed by atoms with E-state index in [-0.39, 0.29) is 11.8 Å². The highest BCUT2D eigenvalue weighted by atomic mass is 16.2. The van der Waals surface area contributed by atoms with E-state index in [2.05, 4.69) is 29.1 Å². The maximum atomic E-state index is 13.0. The molecule has 170 valence electrons. The van der Waals surface area contributed by atoms with E-state index in [1.54, 1.807) is 12.4 Å². The number of carbonyl (C=O) groups is 2. The maximum Gasteiger partial charge on any atom is 0.253 e. The molecule has 0 N–H and O–H groups in total. The van der Waals surface area contributed by atoms with Crippen molar-refractivity contribution in [1.82, 2.24) is 14.8 Å². The van der Waals surface area contributed by atoms with Gasteiger partial charge in [0.15, 0.2) is 0 Å². The molecule has 2 heterocycles. The SMILES string of the molecule is CN(CC1CCCCC1)c1ccc(C(=O)N2CCN(C(=O)Cc3cccnc3)CC2)cc1. The largest absolute Gasteiger partial charge is 0.374 e. The molecule has 0 radical (unpaired) electrons. The summed E-state index contributed by atoms with van der Waals surface area (Å²) in [6, 6.07) is 11.8. The van der Waals surface area contributed by atoms with Crippen LogP contribution < -0.4 is 4.90 Å². The summed E-state index contributed by atoms with van der Waals surface area (Å²) in [5, 5.41) is 0. The lowest BCUT2D eigenvalue weighted by Crippen LogP contribution is -2.51.